The molecule has 0 atom stereocenters. The summed E-state index contributed by atoms with van der Waals surface area (Å²) in [6, 6.07) is 0. The molecule has 2 aromatic heterocycles. The minimum atomic E-state index is 0.683. The topological polar surface area (TPSA) is 55.0 Å². The van der Waals surface area contributed by atoms with E-state index in [0.717, 1.165) is 34.1 Å². The molecule has 0 aromatic carbocycles. The molecule has 4 rings (SSSR count). The lowest BCUT2D eigenvalue weighted by atomic mass is 10.2. The Balaban J connectivity index is 1.50. The van der Waals surface area contributed by atoms with Crippen LogP contribution in [0.25, 0.3) is 10.2 Å². The monoisotopic (exact) mass is 320 g/mol. The van der Waals surface area contributed by atoms with E-state index in [1.165, 1.54) is 49.2 Å². The number of nitrogens with zero attached hydrogens (tertiary/aromatic N) is 3. The van der Waals surface area contributed by atoms with Gasteiger partial charge in [0.25, 0.3) is 0 Å². The quantitative estimate of drug-likeness (QED) is 0.693. The van der Waals surface area contributed by atoms with E-state index in [-0.39, 0.29) is 0 Å². The zero-order valence-corrected chi connectivity index (χ0v) is 13.7. The zero-order chi connectivity index (χ0) is 14.2. The van der Waals surface area contributed by atoms with Gasteiger partial charge in [-0.05, 0) is 50.8 Å². The summed E-state index contributed by atoms with van der Waals surface area (Å²) in [6.45, 7) is 3.63. The van der Waals surface area contributed by atoms with E-state index < -0.39 is 0 Å². The molecule has 2 N–H and O–H groups in total. The first kappa shape index (κ1) is 13.8. The summed E-state index contributed by atoms with van der Waals surface area (Å²) in [5, 5.41) is 1.98. The van der Waals surface area contributed by atoms with Gasteiger partial charge in [-0.1, -0.05) is 11.8 Å². The van der Waals surface area contributed by atoms with Crippen LogP contribution in [0.4, 0.5) is 5.82 Å². The smallest absolute Gasteiger partial charge is 0.190 e. The first-order valence-corrected chi connectivity index (χ1v) is 9.54. The van der Waals surface area contributed by atoms with E-state index >= 15 is 0 Å². The lowest BCUT2D eigenvalue weighted by molar-refractivity contribution is 0.362. The van der Waals surface area contributed by atoms with Gasteiger partial charge in [0.1, 0.15) is 10.6 Å². The maximum Gasteiger partial charge on any atom is 0.190 e. The maximum atomic E-state index is 6.20. The Labute approximate surface area is 133 Å². The molecule has 0 spiro atoms. The summed E-state index contributed by atoms with van der Waals surface area (Å²) >= 11 is 3.56. The average Bonchev–Trinajstić information content (AvgIpc) is 3.13. The molecule has 2 aromatic rings. The number of anilines is 1. The van der Waals surface area contributed by atoms with Crippen LogP contribution in [-0.4, -0.2) is 40.3 Å². The van der Waals surface area contributed by atoms with Gasteiger partial charge in [-0.15, -0.1) is 11.3 Å². The molecule has 0 amide bonds. The summed E-state index contributed by atoms with van der Waals surface area (Å²) in [6.07, 6.45) is 6.28. The van der Waals surface area contributed by atoms with E-state index in [0.29, 0.717) is 5.82 Å². The van der Waals surface area contributed by atoms with Gasteiger partial charge >= 0.3 is 0 Å². The van der Waals surface area contributed by atoms with Crippen LogP contribution in [0.3, 0.4) is 0 Å². The van der Waals surface area contributed by atoms with Crippen LogP contribution < -0.4 is 5.73 Å². The lowest BCUT2D eigenvalue weighted by Gasteiger charge is -2.13. The highest BCUT2D eigenvalue weighted by Crippen LogP contribution is 2.39. The van der Waals surface area contributed by atoms with Crippen LogP contribution in [0.5, 0.6) is 0 Å². The molecule has 1 fully saturated rings. The van der Waals surface area contributed by atoms with Gasteiger partial charge in [-0.25, -0.2) is 9.97 Å². The number of thiophene rings is 1. The van der Waals surface area contributed by atoms with Gasteiger partial charge in [0.05, 0.1) is 5.39 Å². The van der Waals surface area contributed by atoms with Gasteiger partial charge in [0.2, 0.25) is 0 Å². The standard InChI is InChI=1S/C15H20N4S2/c16-13-12-10-4-3-5-11(10)21-14(12)18-15(17-13)20-9-8-19-6-1-2-7-19/h1-9H2,(H2,16,17,18). The van der Waals surface area contributed by atoms with Crippen LogP contribution in [-0.2, 0) is 12.8 Å². The number of nitrogen functional groups attached to an aromatic ring is 1. The third kappa shape index (κ3) is 2.64. The molecule has 2 aliphatic rings. The summed E-state index contributed by atoms with van der Waals surface area (Å²) in [5.41, 5.74) is 7.62. The van der Waals surface area contributed by atoms with Crippen molar-refractivity contribution < 1.29 is 0 Å². The first-order valence-electron chi connectivity index (χ1n) is 7.74. The van der Waals surface area contributed by atoms with Gasteiger partial charge in [0.15, 0.2) is 5.16 Å². The van der Waals surface area contributed by atoms with Crippen molar-refractivity contribution in [3.63, 3.8) is 0 Å². The van der Waals surface area contributed by atoms with Crippen molar-refractivity contribution in [1.82, 2.24) is 14.9 Å². The summed E-state index contributed by atoms with van der Waals surface area (Å²) in [5.74, 6) is 1.74. The normalized spacial score (nSPS) is 18.7. The van der Waals surface area contributed by atoms with E-state index in [1.54, 1.807) is 11.8 Å². The fourth-order valence-corrected chi connectivity index (χ4v) is 5.52. The number of hydrogen-bond donors (Lipinski definition) is 1. The minimum absolute atomic E-state index is 0.683. The Morgan fingerprint density at radius 3 is 2.86 bits per heavy atom. The summed E-state index contributed by atoms with van der Waals surface area (Å²) < 4.78 is 0. The van der Waals surface area contributed by atoms with Crippen molar-refractivity contribution in [3.8, 4) is 0 Å². The van der Waals surface area contributed by atoms with Crippen LogP contribution >= 0.6 is 23.1 Å². The first-order chi connectivity index (χ1) is 10.3. The van der Waals surface area contributed by atoms with Crippen LogP contribution in [0.1, 0.15) is 29.7 Å². The highest BCUT2D eigenvalue weighted by Gasteiger charge is 2.21. The molecule has 4 nitrogen and oxygen atoms in total. The van der Waals surface area contributed by atoms with Gasteiger partial charge in [0, 0.05) is 17.2 Å². The number of thioether (sulfide) groups is 1. The number of likely N-dealkylation sites (tertiary alicyclic amines) is 1. The number of aromatic nitrogens is 2. The van der Waals surface area contributed by atoms with Crippen molar-refractivity contribution in [2.24, 2.45) is 0 Å². The molecule has 6 heteroatoms. The van der Waals surface area contributed by atoms with Crippen LogP contribution in [0.15, 0.2) is 5.16 Å². The van der Waals surface area contributed by atoms with Crippen molar-refractivity contribution in [2.45, 2.75) is 37.3 Å². The zero-order valence-electron chi connectivity index (χ0n) is 12.1. The molecule has 112 valence electrons. The van der Waals surface area contributed by atoms with Crippen molar-refractivity contribution in [3.05, 3.63) is 10.4 Å². The number of nitrogens with two attached hydrogens (primary N) is 1. The molecule has 0 bridgehead atoms. The Hall–Kier alpha value is -0.850. The minimum Gasteiger partial charge on any atom is -0.383 e. The molecule has 0 radical (unpaired) electrons. The van der Waals surface area contributed by atoms with Crippen molar-refractivity contribution >= 4 is 39.1 Å². The highest BCUT2D eigenvalue weighted by atomic mass is 32.2. The molecule has 0 saturated carbocycles. The molecule has 0 unspecified atom stereocenters. The fraction of sp³-hybridized carbons (Fsp3) is 0.600. The van der Waals surface area contributed by atoms with Gasteiger partial charge in [-0.3, -0.25) is 0 Å². The SMILES string of the molecule is Nc1nc(SCCN2CCCC2)nc2sc3c(c12)CCC3. The van der Waals surface area contributed by atoms with E-state index in [1.807, 2.05) is 11.3 Å². The van der Waals surface area contributed by atoms with Gasteiger partial charge in [-0.2, -0.15) is 0 Å². The Bertz CT molecular complexity index is 661. The van der Waals surface area contributed by atoms with Crippen LogP contribution in [0, 0.1) is 0 Å². The third-order valence-electron chi connectivity index (χ3n) is 4.41. The second-order valence-electron chi connectivity index (χ2n) is 5.83. The number of fused-ring (bicyclic) bond motifs is 3. The Morgan fingerprint density at radius 1 is 1.14 bits per heavy atom. The maximum absolute atomic E-state index is 6.20. The lowest BCUT2D eigenvalue weighted by Crippen LogP contribution is -2.21. The molecular weight excluding hydrogens is 300 g/mol. The van der Waals surface area contributed by atoms with Crippen molar-refractivity contribution in [2.75, 3.05) is 31.1 Å². The highest BCUT2D eigenvalue weighted by molar-refractivity contribution is 7.99. The Kier molecular flexibility index (Phi) is 3.77. The second-order valence-corrected chi connectivity index (χ2v) is 7.97. The van der Waals surface area contributed by atoms with Crippen molar-refractivity contribution in [1.29, 1.82) is 0 Å². The number of rotatable bonds is 4. The molecule has 3 heterocycles. The Morgan fingerprint density at radius 2 is 2.00 bits per heavy atom. The van der Waals surface area contributed by atoms with E-state index in [2.05, 4.69) is 9.88 Å². The summed E-state index contributed by atoms with van der Waals surface area (Å²) in [7, 11) is 0. The molecule has 1 saturated heterocycles. The van der Waals surface area contributed by atoms with Gasteiger partial charge < -0.3 is 10.6 Å². The number of hydrogen-bond acceptors (Lipinski definition) is 6. The second kappa shape index (κ2) is 5.74. The average molecular weight is 320 g/mol. The molecular formula is C15H20N4S2. The largest absolute Gasteiger partial charge is 0.383 e. The summed E-state index contributed by atoms with van der Waals surface area (Å²) in [4.78, 5) is 14.4. The third-order valence-corrected chi connectivity index (χ3v) is 6.42. The predicted octanol–water partition coefficient (Wildman–Crippen LogP) is 2.95. The molecule has 21 heavy (non-hydrogen) atoms. The van der Waals surface area contributed by atoms with Crippen LogP contribution in [0.2, 0.25) is 0 Å². The fourth-order valence-electron chi connectivity index (χ4n) is 3.34. The molecule has 1 aliphatic heterocycles. The van der Waals surface area contributed by atoms with E-state index in [9.17, 15) is 0 Å². The van der Waals surface area contributed by atoms with E-state index in [4.69, 9.17) is 10.7 Å². The number of aryl methyl sites for hydroxylation is 2. The predicted molar refractivity (Wildman–Crippen MR) is 90.3 cm³/mol. The molecule has 1 aliphatic carbocycles.